The third-order valence-corrected chi connectivity index (χ3v) is 4.80. The van der Waals surface area contributed by atoms with Crippen LogP contribution in [0.1, 0.15) is 38.8 Å². The number of carboxylic acids is 1. The highest BCUT2D eigenvalue weighted by Crippen LogP contribution is 2.25. The van der Waals surface area contributed by atoms with Crippen LogP contribution in [-0.2, 0) is 25.5 Å². The van der Waals surface area contributed by atoms with Gasteiger partial charge in [-0.05, 0) is 12.8 Å². The fourth-order valence-electron chi connectivity index (χ4n) is 2.60. The van der Waals surface area contributed by atoms with E-state index in [-0.39, 0.29) is 30.6 Å². The van der Waals surface area contributed by atoms with Crippen LogP contribution in [0.3, 0.4) is 0 Å². The summed E-state index contributed by atoms with van der Waals surface area (Å²) in [5, 5.41) is 16.8. The summed E-state index contributed by atoms with van der Waals surface area (Å²) in [5.74, 6) is -1.52. The Morgan fingerprint density at radius 1 is 1.36 bits per heavy atom. The number of amides is 2. The molecule has 0 spiro atoms. The summed E-state index contributed by atoms with van der Waals surface area (Å²) in [4.78, 5) is 39.4. The number of carboxylic acid groups (broad SMARTS) is 1. The van der Waals surface area contributed by atoms with Crippen LogP contribution in [0.4, 0.5) is 5.13 Å². The number of carbonyl (C=O) groups excluding carboxylic acids is 2. The Hall–Kier alpha value is -2.00. The van der Waals surface area contributed by atoms with Crippen LogP contribution in [-0.4, -0.2) is 46.6 Å². The van der Waals surface area contributed by atoms with Crippen LogP contribution < -0.4 is 10.6 Å². The number of aliphatic carboxylic acids is 1. The first kappa shape index (κ1) is 19.3. The molecule has 138 valence electrons. The Morgan fingerprint density at radius 2 is 2.04 bits per heavy atom. The lowest BCUT2D eigenvalue weighted by Crippen LogP contribution is -2.53. The largest absolute Gasteiger partial charge is 0.481 e. The summed E-state index contributed by atoms with van der Waals surface area (Å²) in [7, 11) is 0. The van der Waals surface area contributed by atoms with Gasteiger partial charge in [0.15, 0.2) is 5.13 Å². The quantitative estimate of drug-likeness (QED) is 0.669. The van der Waals surface area contributed by atoms with Gasteiger partial charge in [-0.3, -0.25) is 14.4 Å². The first-order valence-corrected chi connectivity index (χ1v) is 9.03. The molecular formula is C16H23N3O5S. The van der Waals surface area contributed by atoms with Gasteiger partial charge in [0.05, 0.1) is 24.1 Å². The molecule has 0 bridgehead atoms. The molecular weight excluding hydrogens is 346 g/mol. The number of anilines is 1. The molecule has 1 aromatic heterocycles. The fraction of sp³-hybridized carbons (Fsp3) is 0.625. The predicted molar refractivity (Wildman–Crippen MR) is 92.5 cm³/mol. The van der Waals surface area contributed by atoms with E-state index in [4.69, 9.17) is 9.84 Å². The van der Waals surface area contributed by atoms with Crippen molar-refractivity contribution >= 4 is 34.3 Å². The maximum absolute atomic E-state index is 12.3. The van der Waals surface area contributed by atoms with Crippen molar-refractivity contribution in [1.29, 1.82) is 0 Å². The number of carbonyl (C=O) groups is 3. The summed E-state index contributed by atoms with van der Waals surface area (Å²) in [6, 6.07) is 0. The average Bonchev–Trinajstić information content (AvgIpc) is 2.93. The third kappa shape index (κ3) is 5.79. The van der Waals surface area contributed by atoms with E-state index in [1.54, 1.807) is 19.2 Å². The van der Waals surface area contributed by atoms with Gasteiger partial charge in [-0.15, -0.1) is 11.3 Å². The van der Waals surface area contributed by atoms with Crippen LogP contribution in [0, 0.1) is 5.92 Å². The van der Waals surface area contributed by atoms with Crippen LogP contribution in [0.25, 0.3) is 0 Å². The highest BCUT2D eigenvalue weighted by Gasteiger charge is 2.36. The van der Waals surface area contributed by atoms with Crippen molar-refractivity contribution in [2.24, 2.45) is 5.92 Å². The van der Waals surface area contributed by atoms with Crippen LogP contribution >= 0.6 is 11.3 Å². The van der Waals surface area contributed by atoms with Crippen LogP contribution in [0.15, 0.2) is 5.38 Å². The molecule has 1 fully saturated rings. The highest BCUT2D eigenvalue weighted by atomic mass is 32.1. The Balaban J connectivity index is 1.95. The standard InChI is InChI=1S/C16H23N3O5S/c1-10(2)14(23)18-15-17-11(9-25-15)7-12(20)19-16(8-13(21)22)3-5-24-6-4-16/h9-10H,3-8H2,1-2H3,(H,19,20)(H,21,22)(H,17,18,23). The van der Waals surface area contributed by atoms with E-state index in [1.165, 1.54) is 11.3 Å². The first-order chi connectivity index (χ1) is 11.8. The van der Waals surface area contributed by atoms with E-state index in [9.17, 15) is 14.4 Å². The van der Waals surface area contributed by atoms with Gasteiger partial charge >= 0.3 is 5.97 Å². The smallest absolute Gasteiger partial charge is 0.305 e. The number of nitrogens with zero attached hydrogens (tertiary/aromatic N) is 1. The van der Waals surface area contributed by atoms with Gasteiger partial charge in [-0.25, -0.2) is 4.98 Å². The molecule has 1 saturated heterocycles. The van der Waals surface area contributed by atoms with Gasteiger partial charge in [0.2, 0.25) is 11.8 Å². The van der Waals surface area contributed by atoms with E-state index < -0.39 is 11.5 Å². The van der Waals surface area contributed by atoms with E-state index in [0.717, 1.165) is 0 Å². The third-order valence-electron chi connectivity index (χ3n) is 3.99. The molecule has 2 amide bonds. The monoisotopic (exact) mass is 369 g/mol. The summed E-state index contributed by atoms with van der Waals surface area (Å²) in [5.41, 5.74) is -0.231. The second-order valence-corrected chi connectivity index (χ2v) is 7.33. The number of aromatic nitrogens is 1. The lowest BCUT2D eigenvalue weighted by Gasteiger charge is -2.36. The molecule has 0 saturated carbocycles. The topological polar surface area (TPSA) is 118 Å². The zero-order valence-electron chi connectivity index (χ0n) is 14.3. The minimum atomic E-state index is -0.949. The van der Waals surface area contributed by atoms with Gasteiger partial charge in [-0.2, -0.15) is 0 Å². The van der Waals surface area contributed by atoms with Crippen molar-refractivity contribution in [2.45, 2.75) is 45.1 Å². The maximum atomic E-state index is 12.3. The van der Waals surface area contributed by atoms with Gasteiger partial charge in [0, 0.05) is 24.5 Å². The average molecular weight is 369 g/mol. The van der Waals surface area contributed by atoms with Crippen molar-refractivity contribution in [2.75, 3.05) is 18.5 Å². The molecule has 0 aliphatic carbocycles. The molecule has 25 heavy (non-hydrogen) atoms. The summed E-state index contributed by atoms with van der Waals surface area (Å²) >= 11 is 1.26. The molecule has 2 heterocycles. The van der Waals surface area contributed by atoms with Crippen LogP contribution in [0.2, 0.25) is 0 Å². The number of hydrogen-bond donors (Lipinski definition) is 3. The van der Waals surface area contributed by atoms with E-state index in [0.29, 0.717) is 36.9 Å². The van der Waals surface area contributed by atoms with E-state index in [1.807, 2.05) is 0 Å². The first-order valence-electron chi connectivity index (χ1n) is 8.15. The minimum Gasteiger partial charge on any atom is -0.481 e. The Morgan fingerprint density at radius 3 is 2.64 bits per heavy atom. The molecule has 9 heteroatoms. The van der Waals surface area contributed by atoms with Crippen molar-refractivity contribution < 1.29 is 24.2 Å². The van der Waals surface area contributed by atoms with Gasteiger partial charge in [0.25, 0.3) is 0 Å². The number of ether oxygens (including phenoxy) is 1. The zero-order valence-corrected chi connectivity index (χ0v) is 15.1. The molecule has 8 nitrogen and oxygen atoms in total. The Labute approximate surface area is 150 Å². The van der Waals surface area contributed by atoms with Crippen molar-refractivity contribution in [3.63, 3.8) is 0 Å². The normalized spacial score (nSPS) is 16.4. The molecule has 0 aromatic carbocycles. The van der Waals surface area contributed by atoms with E-state index in [2.05, 4.69) is 15.6 Å². The zero-order chi connectivity index (χ0) is 18.4. The lowest BCUT2D eigenvalue weighted by atomic mass is 9.86. The molecule has 0 radical (unpaired) electrons. The molecule has 0 unspecified atom stereocenters. The number of rotatable bonds is 7. The van der Waals surface area contributed by atoms with Crippen molar-refractivity contribution in [3.05, 3.63) is 11.1 Å². The fourth-order valence-corrected chi connectivity index (χ4v) is 3.31. The number of hydrogen-bond acceptors (Lipinski definition) is 6. The molecule has 1 aromatic rings. The Bertz CT molecular complexity index is 637. The van der Waals surface area contributed by atoms with Gasteiger partial charge in [-0.1, -0.05) is 13.8 Å². The summed E-state index contributed by atoms with van der Waals surface area (Å²) in [6.07, 6.45) is 0.848. The minimum absolute atomic E-state index is 0.0380. The maximum Gasteiger partial charge on any atom is 0.305 e. The molecule has 2 rings (SSSR count). The van der Waals surface area contributed by atoms with Crippen molar-refractivity contribution in [3.8, 4) is 0 Å². The van der Waals surface area contributed by atoms with Gasteiger partial charge in [0.1, 0.15) is 0 Å². The highest BCUT2D eigenvalue weighted by molar-refractivity contribution is 7.13. The molecule has 0 atom stereocenters. The predicted octanol–water partition coefficient (Wildman–Crippen LogP) is 1.42. The molecule has 1 aliphatic rings. The number of thiazole rings is 1. The Kier molecular flexibility index (Phi) is 6.49. The van der Waals surface area contributed by atoms with Crippen molar-refractivity contribution in [1.82, 2.24) is 10.3 Å². The summed E-state index contributed by atoms with van der Waals surface area (Å²) < 4.78 is 5.27. The summed E-state index contributed by atoms with van der Waals surface area (Å²) in [6.45, 7) is 4.42. The molecule has 3 N–H and O–H groups in total. The number of nitrogens with one attached hydrogen (secondary N) is 2. The van der Waals surface area contributed by atoms with Gasteiger partial charge < -0.3 is 20.5 Å². The van der Waals surface area contributed by atoms with E-state index >= 15 is 0 Å². The second-order valence-electron chi connectivity index (χ2n) is 6.48. The lowest BCUT2D eigenvalue weighted by molar-refractivity contribution is -0.140. The molecule has 1 aliphatic heterocycles. The van der Waals surface area contributed by atoms with Crippen LogP contribution in [0.5, 0.6) is 0 Å². The second kappa shape index (κ2) is 8.39. The SMILES string of the molecule is CC(C)C(=O)Nc1nc(CC(=O)NC2(CC(=O)O)CCOCC2)cs1.